The Morgan fingerprint density at radius 3 is 2.71 bits per heavy atom. The van der Waals surface area contributed by atoms with E-state index in [1.807, 2.05) is 0 Å². The predicted octanol–water partition coefficient (Wildman–Crippen LogP) is 0.565. The van der Waals surface area contributed by atoms with E-state index in [9.17, 15) is 0 Å². The van der Waals surface area contributed by atoms with Crippen molar-refractivity contribution in [3.63, 3.8) is 0 Å². The monoisotopic (exact) mass is 98.0 g/mol. The first-order valence-corrected chi connectivity index (χ1v) is 1.96. The van der Waals surface area contributed by atoms with Crippen LogP contribution in [0.3, 0.4) is 0 Å². The second kappa shape index (κ2) is 1.26. The molecule has 0 aromatic carbocycles. The molecule has 0 spiro atoms. The van der Waals surface area contributed by atoms with Gasteiger partial charge in [0, 0.05) is 6.92 Å². The van der Waals surface area contributed by atoms with Crippen molar-refractivity contribution < 1.29 is 4.42 Å². The molecular weight excluding hydrogens is 92.1 g/mol. The molecule has 38 valence electrons. The molecule has 7 heavy (non-hydrogen) atoms. The summed E-state index contributed by atoms with van der Waals surface area (Å²) in [6.45, 7) is 1.75. The molecule has 0 bridgehead atoms. The van der Waals surface area contributed by atoms with Gasteiger partial charge in [-0.3, -0.25) is 0 Å². The molecule has 0 fully saturated rings. The zero-order valence-electron chi connectivity index (χ0n) is 4.01. The number of nitrogen functional groups attached to an aromatic ring is 1. The van der Waals surface area contributed by atoms with Gasteiger partial charge in [0.05, 0.1) is 0 Å². The van der Waals surface area contributed by atoms with E-state index in [0.717, 1.165) is 0 Å². The van der Waals surface area contributed by atoms with Gasteiger partial charge in [0.25, 0.3) is 0 Å². The van der Waals surface area contributed by atoms with Gasteiger partial charge in [0.1, 0.15) is 6.26 Å². The van der Waals surface area contributed by atoms with Crippen molar-refractivity contribution >= 4 is 5.82 Å². The van der Waals surface area contributed by atoms with Gasteiger partial charge >= 0.3 is 0 Å². The molecule has 3 heteroatoms. The SMILES string of the molecule is Cc1nc(N)co1. The van der Waals surface area contributed by atoms with E-state index in [4.69, 9.17) is 10.2 Å². The maximum atomic E-state index is 5.17. The lowest BCUT2D eigenvalue weighted by Crippen LogP contribution is -1.81. The third kappa shape index (κ3) is 0.707. The van der Waals surface area contributed by atoms with Crippen LogP contribution in [0.5, 0.6) is 0 Å². The van der Waals surface area contributed by atoms with E-state index < -0.39 is 0 Å². The number of aromatic nitrogens is 1. The van der Waals surface area contributed by atoms with Crippen LogP contribution >= 0.6 is 0 Å². The van der Waals surface area contributed by atoms with E-state index in [2.05, 4.69) is 4.98 Å². The third-order valence-electron chi connectivity index (χ3n) is 0.637. The summed E-state index contributed by atoms with van der Waals surface area (Å²) in [4.78, 5) is 3.72. The maximum absolute atomic E-state index is 5.17. The average Bonchev–Trinajstić information content (AvgIpc) is 1.87. The molecule has 1 aromatic heterocycles. The van der Waals surface area contributed by atoms with Crippen LogP contribution in [0.1, 0.15) is 5.89 Å². The fourth-order valence-corrected chi connectivity index (χ4v) is 0.380. The molecule has 3 nitrogen and oxygen atoms in total. The number of hydrogen-bond acceptors (Lipinski definition) is 3. The zero-order valence-corrected chi connectivity index (χ0v) is 4.01. The largest absolute Gasteiger partial charge is 0.447 e. The van der Waals surface area contributed by atoms with Gasteiger partial charge in [-0.2, -0.15) is 4.98 Å². The molecule has 0 aliphatic rings. The minimum absolute atomic E-state index is 0.442. The molecule has 0 atom stereocenters. The van der Waals surface area contributed by atoms with Gasteiger partial charge in [0.15, 0.2) is 11.7 Å². The quantitative estimate of drug-likeness (QED) is 0.516. The Hall–Kier alpha value is -0.990. The van der Waals surface area contributed by atoms with E-state index in [1.165, 1.54) is 6.26 Å². The lowest BCUT2D eigenvalue weighted by atomic mass is 10.8. The lowest BCUT2D eigenvalue weighted by molar-refractivity contribution is 0.521. The first-order valence-electron chi connectivity index (χ1n) is 1.96. The van der Waals surface area contributed by atoms with Crippen molar-refractivity contribution in [1.29, 1.82) is 0 Å². The summed E-state index contributed by atoms with van der Waals surface area (Å²) in [5, 5.41) is 0. The second-order valence-corrected chi connectivity index (χ2v) is 1.29. The Kier molecular flexibility index (Phi) is 0.749. The van der Waals surface area contributed by atoms with Gasteiger partial charge in [0.2, 0.25) is 0 Å². The number of rotatable bonds is 0. The van der Waals surface area contributed by atoms with Crippen LogP contribution in [0.2, 0.25) is 0 Å². The molecule has 1 heterocycles. The van der Waals surface area contributed by atoms with Crippen LogP contribution in [0.15, 0.2) is 10.7 Å². The van der Waals surface area contributed by atoms with Crippen LogP contribution in [0, 0.1) is 6.92 Å². The van der Waals surface area contributed by atoms with Crippen molar-refractivity contribution in [2.24, 2.45) is 0 Å². The van der Waals surface area contributed by atoms with Gasteiger partial charge in [-0.15, -0.1) is 0 Å². The molecule has 1 aromatic rings. The number of hydrogen-bond donors (Lipinski definition) is 1. The number of anilines is 1. The van der Waals surface area contributed by atoms with Crippen LogP contribution in [0.4, 0.5) is 5.82 Å². The Labute approximate surface area is 41.2 Å². The molecular formula is C4H6N2O. The Balaban J connectivity index is 3.04. The van der Waals surface area contributed by atoms with Crippen molar-refractivity contribution in [3.05, 3.63) is 12.2 Å². The van der Waals surface area contributed by atoms with Crippen molar-refractivity contribution in [2.45, 2.75) is 6.92 Å². The topological polar surface area (TPSA) is 52.0 Å². The first-order chi connectivity index (χ1) is 3.29. The number of oxazole rings is 1. The smallest absolute Gasteiger partial charge is 0.192 e. The normalized spacial score (nSPS) is 9.29. The van der Waals surface area contributed by atoms with Gasteiger partial charge < -0.3 is 10.2 Å². The zero-order chi connectivity index (χ0) is 5.28. The van der Waals surface area contributed by atoms with Crippen LogP contribution in [-0.4, -0.2) is 4.98 Å². The van der Waals surface area contributed by atoms with Crippen LogP contribution < -0.4 is 5.73 Å². The highest BCUT2D eigenvalue weighted by Crippen LogP contribution is 1.98. The summed E-state index contributed by atoms with van der Waals surface area (Å²) in [5.74, 6) is 1.05. The maximum Gasteiger partial charge on any atom is 0.192 e. The van der Waals surface area contributed by atoms with E-state index in [1.54, 1.807) is 6.92 Å². The lowest BCUT2D eigenvalue weighted by Gasteiger charge is -1.69. The molecule has 0 saturated carbocycles. The van der Waals surface area contributed by atoms with Gasteiger partial charge in [-0.05, 0) is 0 Å². The van der Waals surface area contributed by atoms with E-state index in [0.29, 0.717) is 11.7 Å². The molecule has 1 rings (SSSR count). The van der Waals surface area contributed by atoms with Crippen molar-refractivity contribution in [3.8, 4) is 0 Å². The molecule has 0 aliphatic carbocycles. The summed E-state index contributed by atoms with van der Waals surface area (Å²) >= 11 is 0. The molecule has 0 unspecified atom stereocenters. The van der Waals surface area contributed by atoms with Crippen LogP contribution in [0.25, 0.3) is 0 Å². The summed E-state index contributed by atoms with van der Waals surface area (Å²) in [6, 6.07) is 0. The highest BCUT2D eigenvalue weighted by molar-refractivity contribution is 5.20. The first kappa shape index (κ1) is 4.18. The second-order valence-electron chi connectivity index (χ2n) is 1.29. The fraction of sp³-hybridized carbons (Fsp3) is 0.250. The summed E-state index contributed by atoms with van der Waals surface area (Å²) < 4.78 is 4.73. The molecule has 0 amide bonds. The fourth-order valence-electron chi connectivity index (χ4n) is 0.380. The Morgan fingerprint density at radius 1 is 1.86 bits per heavy atom. The number of nitrogens with two attached hydrogens (primary N) is 1. The Morgan fingerprint density at radius 2 is 2.57 bits per heavy atom. The minimum Gasteiger partial charge on any atom is -0.447 e. The minimum atomic E-state index is 0.442. The van der Waals surface area contributed by atoms with Gasteiger partial charge in [-0.1, -0.05) is 0 Å². The summed E-state index contributed by atoms with van der Waals surface area (Å²) in [5.41, 5.74) is 5.17. The highest BCUT2D eigenvalue weighted by atomic mass is 16.3. The molecule has 0 radical (unpaired) electrons. The van der Waals surface area contributed by atoms with E-state index in [-0.39, 0.29) is 0 Å². The summed E-state index contributed by atoms with van der Waals surface area (Å²) in [7, 11) is 0. The van der Waals surface area contributed by atoms with Crippen molar-refractivity contribution in [2.75, 3.05) is 5.73 Å². The number of nitrogens with zero attached hydrogens (tertiary/aromatic N) is 1. The molecule has 2 N–H and O–H groups in total. The standard InChI is InChI=1S/C4H6N2O/c1-3-6-4(5)2-7-3/h2H,5H2,1H3. The van der Waals surface area contributed by atoms with Crippen molar-refractivity contribution in [1.82, 2.24) is 4.98 Å². The third-order valence-corrected chi connectivity index (χ3v) is 0.637. The van der Waals surface area contributed by atoms with Crippen LogP contribution in [-0.2, 0) is 0 Å². The molecule has 0 aliphatic heterocycles. The predicted molar refractivity (Wildman–Crippen MR) is 25.7 cm³/mol. The Bertz CT molecular complexity index is 142. The number of aryl methyl sites for hydroxylation is 1. The molecule has 0 saturated heterocycles. The van der Waals surface area contributed by atoms with E-state index >= 15 is 0 Å². The summed E-state index contributed by atoms with van der Waals surface area (Å²) in [6.07, 6.45) is 1.41. The highest BCUT2D eigenvalue weighted by Gasteiger charge is 1.88. The average molecular weight is 98.1 g/mol. The van der Waals surface area contributed by atoms with Gasteiger partial charge in [-0.25, -0.2) is 0 Å².